The molecule has 0 bridgehead atoms. The maximum absolute atomic E-state index is 9.12. The van der Waals surface area contributed by atoms with Gasteiger partial charge in [-0.3, -0.25) is 0 Å². The van der Waals surface area contributed by atoms with E-state index in [1.54, 1.807) is 13.2 Å². The van der Waals surface area contributed by atoms with Crippen LogP contribution < -0.4 is 4.74 Å². The average molecular weight is 225 g/mol. The van der Waals surface area contributed by atoms with E-state index in [0.717, 1.165) is 24.1 Å². The van der Waals surface area contributed by atoms with Gasteiger partial charge in [0.15, 0.2) is 0 Å². The van der Waals surface area contributed by atoms with E-state index < -0.39 is 0 Å². The van der Waals surface area contributed by atoms with Crippen molar-refractivity contribution < 1.29 is 14.6 Å². The Balaban J connectivity index is 2.69. The van der Waals surface area contributed by atoms with Gasteiger partial charge in [0.05, 0.1) is 13.2 Å². The zero-order valence-electron chi connectivity index (χ0n) is 9.90. The first-order valence-corrected chi connectivity index (χ1v) is 5.52. The standard InChI is InChI=1S/C12H19NO3/c1-3-4-11-7-10(9-14)8-12(13-11)16-6-5-15-2/h7-8,14H,3-6,9H2,1-2H3. The number of pyridine rings is 1. The Bertz CT molecular complexity index is 315. The fourth-order valence-electron chi connectivity index (χ4n) is 1.40. The van der Waals surface area contributed by atoms with Crippen LogP contribution in [0.1, 0.15) is 24.6 Å². The summed E-state index contributed by atoms with van der Waals surface area (Å²) in [5.74, 6) is 0.562. The Labute approximate surface area is 96.2 Å². The average Bonchev–Trinajstić information content (AvgIpc) is 2.29. The van der Waals surface area contributed by atoms with Gasteiger partial charge in [0.25, 0.3) is 0 Å². The van der Waals surface area contributed by atoms with E-state index in [1.807, 2.05) is 6.07 Å². The van der Waals surface area contributed by atoms with Crippen LogP contribution in [0.2, 0.25) is 0 Å². The summed E-state index contributed by atoms with van der Waals surface area (Å²) in [6.45, 7) is 3.12. The number of hydrogen-bond acceptors (Lipinski definition) is 4. The minimum absolute atomic E-state index is 0.0138. The number of nitrogens with zero attached hydrogens (tertiary/aromatic N) is 1. The lowest BCUT2D eigenvalue weighted by molar-refractivity contribution is 0.143. The molecule has 0 aliphatic carbocycles. The minimum Gasteiger partial charge on any atom is -0.475 e. The van der Waals surface area contributed by atoms with Crippen LogP contribution in [-0.2, 0) is 17.8 Å². The summed E-state index contributed by atoms with van der Waals surface area (Å²) in [6.07, 6.45) is 1.92. The maximum atomic E-state index is 9.12. The second-order valence-electron chi connectivity index (χ2n) is 3.55. The molecule has 4 nitrogen and oxygen atoms in total. The summed E-state index contributed by atoms with van der Waals surface area (Å²) < 4.78 is 10.3. The molecule has 1 aromatic heterocycles. The molecule has 0 spiro atoms. The van der Waals surface area contributed by atoms with Gasteiger partial charge in [-0.1, -0.05) is 13.3 Å². The second kappa shape index (κ2) is 7.19. The zero-order chi connectivity index (χ0) is 11.8. The summed E-state index contributed by atoms with van der Waals surface area (Å²) in [5.41, 5.74) is 1.80. The van der Waals surface area contributed by atoms with Crippen molar-refractivity contribution in [2.24, 2.45) is 0 Å². The van der Waals surface area contributed by atoms with Crippen LogP contribution >= 0.6 is 0 Å². The van der Waals surface area contributed by atoms with Crippen molar-refractivity contribution in [1.82, 2.24) is 4.98 Å². The lowest BCUT2D eigenvalue weighted by Crippen LogP contribution is -2.07. The summed E-state index contributed by atoms with van der Waals surface area (Å²) in [5, 5.41) is 9.12. The van der Waals surface area contributed by atoms with Crippen LogP contribution in [0.25, 0.3) is 0 Å². The molecule has 0 aliphatic heterocycles. The highest BCUT2D eigenvalue weighted by Crippen LogP contribution is 2.14. The van der Waals surface area contributed by atoms with E-state index in [2.05, 4.69) is 11.9 Å². The molecular weight excluding hydrogens is 206 g/mol. The van der Waals surface area contributed by atoms with Crippen LogP contribution in [0.3, 0.4) is 0 Å². The number of hydrogen-bond donors (Lipinski definition) is 1. The first kappa shape index (κ1) is 12.9. The van der Waals surface area contributed by atoms with Crippen LogP contribution in [0.15, 0.2) is 12.1 Å². The lowest BCUT2D eigenvalue weighted by atomic mass is 10.2. The molecule has 16 heavy (non-hydrogen) atoms. The SMILES string of the molecule is CCCc1cc(CO)cc(OCCOC)n1. The molecule has 0 unspecified atom stereocenters. The highest BCUT2D eigenvalue weighted by Gasteiger charge is 2.03. The number of aliphatic hydroxyl groups excluding tert-OH is 1. The number of methoxy groups -OCH3 is 1. The second-order valence-corrected chi connectivity index (χ2v) is 3.55. The van der Waals surface area contributed by atoms with Crippen molar-refractivity contribution in [1.29, 1.82) is 0 Å². The highest BCUT2D eigenvalue weighted by atomic mass is 16.5. The lowest BCUT2D eigenvalue weighted by Gasteiger charge is -2.08. The molecule has 0 saturated carbocycles. The third kappa shape index (κ3) is 4.16. The molecule has 90 valence electrons. The Morgan fingerprint density at radius 2 is 2.12 bits per heavy atom. The van der Waals surface area contributed by atoms with Crippen molar-refractivity contribution >= 4 is 0 Å². The molecule has 0 radical (unpaired) electrons. The number of ether oxygens (including phenoxy) is 2. The largest absolute Gasteiger partial charge is 0.475 e. The van der Waals surface area contributed by atoms with Gasteiger partial charge < -0.3 is 14.6 Å². The molecule has 4 heteroatoms. The molecule has 1 heterocycles. The summed E-state index contributed by atoms with van der Waals surface area (Å²) >= 11 is 0. The monoisotopic (exact) mass is 225 g/mol. The van der Waals surface area contributed by atoms with Gasteiger partial charge in [0, 0.05) is 18.9 Å². The molecule has 0 fully saturated rings. The van der Waals surface area contributed by atoms with E-state index in [1.165, 1.54) is 0 Å². The third-order valence-electron chi connectivity index (χ3n) is 2.14. The minimum atomic E-state index is 0.0138. The topological polar surface area (TPSA) is 51.6 Å². The van der Waals surface area contributed by atoms with Crippen LogP contribution in [-0.4, -0.2) is 30.4 Å². The third-order valence-corrected chi connectivity index (χ3v) is 2.14. The Hall–Kier alpha value is -1.13. The van der Waals surface area contributed by atoms with Crippen LogP contribution in [0.4, 0.5) is 0 Å². The molecule has 0 aromatic carbocycles. The van der Waals surface area contributed by atoms with Gasteiger partial charge in [0.1, 0.15) is 6.61 Å². The van der Waals surface area contributed by atoms with Gasteiger partial charge in [-0.15, -0.1) is 0 Å². The Morgan fingerprint density at radius 3 is 2.75 bits per heavy atom. The predicted octanol–water partition coefficient (Wildman–Crippen LogP) is 1.55. The summed E-state index contributed by atoms with van der Waals surface area (Å²) in [7, 11) is 1.63. The van der Waals surface area contributed by atoms with E-state index >= 15 is 0 Å². The fraction of sp³-hybridized carbons (Fsp3) is 0.583. The molecule has 0 amide bonds. The summed E-state index contributed by atoms with van der Waals surface area (Å²) in [4.78, 5) is 4.35. The van der Waals surface area contributed by atoms with Gasteiger partial charge in [-0.05, 0) is 18.1 Å². The molecule has 0 saturated heterocycles. The number of aryl methyl sites for hydroxylation is 1. The van der Waals surface area contributed by atoms with Crippen molar-refractivity contribution in [2.75, 3.05) is 20.3 Å². The summed E-state index contributed by atoms with van der Waals surface area (Å²) in [6, 6.07) is 3.67. The molecule has 0 atom stereocenters. The molecule has 1 rings (SSSR count). The fourth-order valence-corrected chi connectivity index (χ4v) is 1.40. The first-order valence-electron chi connectivity index (χ1n) is 5.52. The quantitative estimate of drug-likeness (QED) is 0.715. The van der Waals surface area contributed by atoms with Gasteiger partial charge in [-0.25, -0.2) is 4.98 Å². The van der Waals surface area contributed by atoms with Crippen molar-refractivity contribution in [3.8, 4) is 5.88 Å². The van der Waals surface area contributed by atoms with Gasteiger partial charge in [-0.2, -0.15) is 0 Å². The Kier molecular flexibility index (Phi) is 5.82. The highest BCUT2D eigenvalue weighted by molar-refractivity contribution is 5.24. The number of aliphatic hydroxyl groups is 1. The van der Waals surface area contributed by atoms with E-state index in [4.69, 9.17) is 14.6 Å². The van der Waals surface area contributed by atoms with Crippen molar-refractivity contribution in [3.05, 3.63) is 23.4 Å². The van der Waals surface area contributed by atoms with Gasteiger partial charge in [0.2, 0.25) is 5.88 Å². The van der Waals surface area contributed by atoms with E-state index in [-0.39, 0.29) is 6.61 Å². The van der Waals surface area contributed by atoms with Crippen LogP contribution in [0.5, 0.6) is 5.88 Å². The molecule has 1 N–H and O–H groups in total. The molecule has 0 aliphatic rings. The molecular formula is C12H19NO3. The number of rotatable bonds is 7. The van der Waals surface area contributed by atoms with Crippen LogP contribution in [0, 0.1) is 0 Å². The van der Waals surface area contributed by atoms with E-state index in [0.29, 0.717) is 19.1 Å². The normalized spacial score (nSPS) is 10.4. The van der Waals surface area contributed by atoms with E-state index in [9.17, 15) is 0 Å². The number of aromatic nitrogens is 1. The van der Waals surface area contributed by atoms with Crippen molar-refractivity contribution in [2.45, 2.75) is 26.4 Å². The smallest absolute Gasteiger partial charge is 0.213 e. The zero-order valence-corrected chi connectivity index (χ0v) is 9.90. The van der Waals surface area contributed by atoms with Gasteiger partial charge >= 0.3 is 0 Å². The Morgan fingerprint density at radius 1 is 1.31 bits per heavy atom. The van der Waals surface area contributed by atoms with Crippen molar-refractivity contribution in [3.63, 3.8) is 0 Å². The maximum Gasteiger partial charge on any atom is 0.213 e. The molecule has 1 aromatic rings. The first-order chi connectivity index (χ1) is 7.80. The predicted molar refractivity (Wildman–Crippen MR) is 61.5 cm³/mol.